The molecule has 4 nitrogen and oxygen atoms in total. The van der Waals surface area contributed by atoms with Crippen molar-refractivity contribution >= 4 is 27.0 Å². The first-order chi connectivity index (χ1) is 9.72. The van der Waals surface area contributed by atoms with Crippen LogP contribution < -0.4 is 5.73 Å². The normalized spacial score (nSPS) is 12.5. The number of pyridine rings is 1. The van der Waals surface area contributed by atoms with Crippen LogP contribution in [0.5, 0.6) is 0 Å². The molecule has 0 bridgehead atoms. The van der Waals surface area contributed by atoms with Crippen molar-refractivity contribution in [2.24, 2.45) is 5.73 Å². The van der Waals surface area contributed by atoms with E-state index in [9.17, 15) is 0 Å². The number of benzene rings is 1. The highest BCUT2D eigenvalue weighted by molar-refractivity contribution is 9.10. The molecule has 0 aliphatic heterocycles. The third-order valence-electron chi connectivity index (χ3n) is 3.14. The number of nitrogens with two attached hydrogens (primary N) is 1. The second-order valence-electron chi connectivity index (χ2n) is 4.63. The van der Waals surface area contributed by atoms with Gasteiger partial charge in [0.15, 0.2) is 0 Å². The Labute approximate surface area is 125 Å². The zero-order valence-electron chi connectivity index (χ0n) is 10.7. The number of hydrogen-bond acceptors (Lipinski definition) is 4. The predicted octanol–water partition coefficient (Wildman–Crippen LogP) is 3.03. The summed E-state index contributed by atoms with van der Waals surface area (Å²) in [6.45, 7) is 0. The van der Waals surface area contributed by atoms with Crippen molar-refractivity contribution < 1.29 is 0 Å². The molecule has 2 heterocycles. The molecule has 0 saturated heterocycles. The molecule has 3 rings (SSSR count). The average molecular weight is 329 g/mol. The maximum Gasteiger partial charge on any atom is 0.0890 e. The van der Waals surface area contributed by atoms with Crippen LogP contribution in [-0.4, -0.2) is 15.0 Å². The number of rotatable bonds is 3. The largest absolute Gasteiger partial charge is 0.324 e. The molecule has 0 radical (unpaired) electrons. The number of halogens is 1. The van der Waals surface area contributed by atoms with Gasteiger partial charge in [-0.3, -0.25) is 15.0 Å². The van der Waals surface area contributed by atoms with E-state index in [1.54, 1.807) is 18.6 Å². The molecule has 2 aromatic heterocycles. The Morgan fingerprint density at radius 2 is 1.85 bits per heavy atom. The van der Waals surface area contributed by atoms with E-state index in [4.69, 9.17) is 5.73 Å². The van der Waals surface area contributed by atoms with Crippen molar-refractivity contribution in [2.75, 3.05) is 0 Å². The SMILES string of the molecule is NC(Cc1cncc(Br)c1)c1ccc2nccnc2c1. The third kappa shape index (κ3) is 2.84. The summed E-state index contributed by atoms with van der Waals surface area (Å²) in [7, 11) is 0. The molecular formula is C15H13BrN4. The fourth-order valence-corrected chi connectivity index (χ4v) is 2.56. The third-order valence-corrected chi connectivity index (χ3v) is 3.57. The molecule has 100 valence electrons. The van der Waals surface area contributed by atoms with Crippen LogP contribution in [0.3, 0.4) is 0 Å². The van der Waals surface area contributed by atoms with Gasteiger partial charge in [-0.05, 0) is 51.7 Å². The molecule has 0 spiro atoms. The van der Waals surface area contributed by atoms with E-state index in [0.717, 1.165) is 33.1 Å². The molecular weight excluding hydrogens is 316 g/mol. The van der Waals surface area contributed by atoms with Crippen LogP contribution in [0.2, 0.25) is 0 Å². The molecule has 20 heavy (non-hydrogen) atoms. The fraction of sp³-hybridized carbons (Fsp3) is 0.133. The van der Waals surface area contributed by atoms with Crippen molar-refractivity contribution in [1.82, 2.24) is 15.0 Å². The van der Waals surface area contributed by atoms with Crippen LogP contribution >= 0.6 is 15.9 Å². The van der Waals surface area contributed by atoms with Gasteiger partial charge in [0, 0.05) is 35.3 Å². The van der Waals surface area contributed by atoms with Crippen molar-refractivity contribution in [2.45, 2.75) is 12.5 Å². The second-order valence-corrected chi connectivity index (χ2v) is 5.54. The minimum atomic E-state index is -0.0856. The van der Waals surface area contributed by atoms with Gasteiger partial charge in [0.2, 0.25) is 0 Å². The smallest absolute Gasteiger partial charge is 0.0890 e. The predicted molar refractivity (Wildman–Crippen MR) is 82.1 cm³/mol. The standard InChI is InChI=1S/C15H13BrN4/c16-12-5-10(8-18-9-12)6-13(17)11-1-2-14-15(7-11)20-4-3-19-14/h1-5,7-9,13H,6,17H2. The number of fused-ring (bicyclic) bond motifs is 1. The van der Waals surface area contributed by atoms with Gasteiger partial charge in [0.25, 0.3) is 0 Å². The van der Waals surface area contributed by atoms with Crippen LogP contribution in [0, 0.1) is 0 Å². The number of aromatic nitrogens is 3. The van der Waals surface area contributed by atoms with Gasteiger partial charge in [-0.1, -0.05) is 6.07 Å². The van der Waals surface area contributed by atoms with Gasteiger partial charge in [-0.15, -0.1) is 0 Å². The molecule has 0 fully saturated rings. The molecule has 2 N–H and O–H groups in total. The van der Waals surface area contributed by atoms with Crippen molar-refractivity contribution in [3.05, 3.63) is 64.7 Å². The van der Waals surface area contributed by atoms with E-state index >= 15 is 0 Å². The lowest BCUT2D eigenvalue weighted by atomic mass is 10.0. The maximum atomic E-state index is 6.28. The molecule has 3 aromatic rings. The Bertz CT molecular complexity index is 745. The lowest BCUT2D eigenvalue weighted by Gasteiger charge is -2.12. The summed E-state index contributed by atoms with van der Waals surface area (Å²) in [5, 5.41) is 0. The van der Waals surface area contributed by atoms with Gasteiger partial charge in [0.05, 0.1) is 11.0 Å². The van der Waals surface area contributed by atoms with Crippen molar-refractivity contribution in [1.29, 1.82) is 0 Å². The van der Waals surface area contributed by atoms with Crippen LogP contribution in [0.4, 0.5) is 0 Å². The highest BCUT2D eigenvalue weighted by Crippen LogP contribution is 2.20. The van der Waals surface area contributed by atoms with E-state index in [1.165, 1.54) is 0 Å². The highest BCUT2D eigenvalue weighted by Gasteiger charge is 2.09. The first kappa shape index (κ1) is 13.1. The molecule has 0 aliphatic carbocycles. The quantitative estimate of drug-likeness (QED) is 0.802. The molecule has 1 atom stereocenters. The first-order valence-electron chi connectivity index (χ1n) is 6.28. The Hall–Kier alpha value is -1.85. The van der Waals surface area contributed by atoms with Gasteiger partial charge in [-0.25, -0.2) is 0 Å². The molecule has 1 unspecified atom stereocenters. The molecule has 0 aliphatic rings. The molecule has 0 saturated carbocycles. The molecule has 5 heteroatoms. The van der Waals surface area contributed by atoms with Gasteiger partial charge in [-0.2, -0.15) is 0 Å². The van der Waals surface area contributed by atoms with Gasteiger partial charge < -0.3 is 5.73 Å². The summed E-state index contributed by atoms with van der Waals surface area (Å²) in [4.78, 5) is 12.7. The lowest BCUT2D eigenvalue weighted by Crippen LogP contribution is -2.13. The van der Waals surface area contributed by atoms with Crippen molar-refractivity contribution in [3.8, 4) is 0 Å². The summed E-state index contributed by atoms with van der Waals surface area (Å²) < 4.78 is 0.964. The Morgan fingerprint density at radius 1 is 1.05 bits per heavy atom. The fourth-order valence-electron chi connectivity index (χ4n) is 2.15. The van der Waals surface area contributed by atoms with Crippen LogP contribution in [0.25, 0.3) is 11.0 Å². The minimum absolute atomic E-state index is 0.0856. The summed E-state index contributed by atoms with van der Waals surface area (Å²) in [6, 6.07) is 7.91. The van der Waals surface area contributed by atoms with Gasteiger partial charge in [0.1, 0.15) is 0 Å². The molecule has 1 aromatic carbocycles. The van der Waals surface area contributed by atoms with E-state index in [2.05, 4.69) is 30.9 Å². The summed E-state index contributed by atoms with van der Waals surface area (Å²) in [5.41, 5.74) is 10.2. The maximum absolute atomic E-state index is 6.28. The Kier molecular flexibility index (Phi) is 3.71. The highest BCUT2D eigenvalue weighted by atomic mass is 79.9. The van der Waals surface area contributed by atoms with Crippen LogP contribution in [0.15, 0.2) is 53.5 Å². The van der Waals surface area contributed by atoms with Crippen LogP contribution in [0.1, 0.15) is 17.2 Å². The topological polar surface area (TPSA) is 64.7 Å². The first-order valence-corrected chi connectivity index (χ1v) is 7.07. The summed E-state index contributed by atoms with van der Waals surface area (Å²) >= 11 is 3.42. The lowest BCUT2D eigenvalue weighted by molar-refractivity contribution is 0.720. The Morgan fingerprint density at radius 3 is 2.65 bits per heavy atom. The van der Waals surface area contributed by atoms with E-state index in [-0.39, 0.29) is 6.04 Å². The van der Waals surface area contributed by atoms with Crippen LogP contribution in [-0.2, 0) is 6.42 Å². The van der Waals surface area contributed by atoms with Gasteiger partial charge >= 0.3 is 0 Å². The average Bonchev–Trinajstić information content (AvgIpc) is 2.47. The van der Waals surface area contributed by atoms with E-state index < -0.39 is 0 Å². The van der Waals surface area contributed by atoms with E-state index in [1.807, 2.05) is 30.5 Å². The van der Waals surface area contributed by atoms with E-state index in [0.29, 0.717) is 0 Å². The number of hydrogen-bond donors (Lipinski definition) is 1. The minimum Gasteiger partial charge on any atom is -0.324 e. The molecule has 0 amide bonds. The Balaban J connectivity index is 1.86. The zero-order chi connectivity index (χ0) is 13.9. The monoisotopic (exact) mass is 328 g/mol. The summed E-state index contributed by atoms with van der Waals surface area (Å²) in [5.74, 6) is 0. The zero-order valence-corrected chi connectivity index (χ0v) is 12.3. The van der Waals surface area contributed by atoms with Crippen molar-refractivity contribution in [3.63, 3.8) is 0 Å². The second kappa shape index (κ2) is 5.64. The number of nitrogens with zero attached hydrogens (tertiary/aromatic N) is 3. The summed E-state index contributed by atoms with van der Waals surface area (Å²) in [6.07, 6.45) is 7.72.